The van der Waals surface area contributed by atoms with E-state index in [1.807, 2.05) is 18.2 Å². The van der Waals surface area contributed by atoms with Crippen LogP contribution in [0.1, 0.15) is 16.8 Å². The SMILES string of the molecule is O=C(Nc1ccc(Cl)c(-c2ncccc2N2CCOCC2)c1)c1ccc(N2CCCS2(=O)=O)cc1. The number of hydrogen-bond acceptors (Lipinski definition) is 6. The average molecular weight is 513 g/mol. The molecule has 2 aliphatic rings. The Morgan fingerprint density at radius 3 is 2.51 bits per heavy atom. The van der Waals surface area contributed by atoms with Gasteiger partial charge < -0.3 is 15.0 Å². The highest BCUT2D eigenvalue weighted by Gasteiger charge is 2.28. The van der Waals surface area contributed by atoms with E-state index in [2.05, 4.69) is 15.2 Å². The standard InChI is InChI=1S/C25H25ClN4O4S/c26-22-9-6-19(17-21(22)24-23(3-1-10-27-24)29-12-14-34-15-13-29)28-25(31)18-4-7-20(8-5-18)30-11-2-16-35(30,32)33/h1,3-10,17H,2,11-16H2,(H,28,31). The van der Waals surface area contributed by atoms with Gasteiger partial charge in [0.15, 0.2) is 0 Å². The van der Waals surface area contributed by atoms with Crippen LogP contribution in [0.5, 0.6) is 0 Å². The molecule has 0 bridgehead atoms. The van der Waals surface area contributed by atoms with Crippen molar-refractivity contribution in [3.05, 3.63) is 71.4 Å². The highest BCUT2D eigenvalue weighted by atomic mass is 35.5. The first-order chi connectivity index (χ1) is 16.9. The van der Waals surface area contributed by atoms with E-state index in [9.17, 15) is 13.2 Å². The number of morpholine rings is 1. The van der Waals surface area contributed by atoms with Gasteiger partial charge in [-0.25, -0.2) is 8.42 Å². The molecule has 0 spiro atoms. The van der Waals surface area contributed by atoms with Gasteiger partial charge in [0.1, 0.15) is 0 Å². The fraction of sp³-hybridized carbons (Fsp3) is 0.280. The molecule has 3 aromatic rings. The Morgan fingerprint density at radius 2 is 1.80 bits per heavy atom. The third-order valence-corrected chi connectivity index (χ3v) is 8.33. The number of carbonyl (C=O) groups excluding carboxylic acids is 1. The molecule has 0 unspecified atom stereocenters. The van der Waals surface area contributed by atoms with Crippen molar-refractivity contribution < 1.29 is 17.9 Å². The summed E-state index contributed by atoms with van der Waals surface area (Å²) in [6, 6.07) is 15.8. The van der Waals surface area contributed by atoms with E-state index in [0.717, 1.165) is 30.0 Å². The van der Waals surface area contributed by atoms with E-state index in [1.165, 1.54) is 4.31 Å². The van der Waals surface area contributed by atoms with Gasteiger partial charge in [-0.2, -0.15) is 0 Å². The van der Waals surface area contributed by atoms with Gasteiger partial charge in [0.05, 0.1) is 41.1 Å². The zero-order valence-electron chi connectivity index (χ0n) is 19.0. The number of nitrogens with one attached hydrogen (secondary N) is 1. The highest BCUT2D eigenvalue weighted by Crippen LogP contribution is 2.36. The Labute approximate surface area is 209 Å². The van der Waals surface area contributed by atoms with E-state index >= 15 is 0 Å². The zero-order chi connectivity index (χ0) is 24.4. The monoisotopic (exact) mass is 512 g/mol. The summed E-state index contributed by atoms with van der Waals surface area (Å²) >= 11 is 6.55. The topological polar surface area (TPSA) is 91.8 Å². The van der Waals surface area contributed by atoms with Gasteiger partial charge in [0.2, 0.25) is 10.0 Å². The largest absolute Gasteiger partial charge is 0.378 e. The molecule has 0 saturated carbocycles. The number of carbonyl (C=O) groups is 1. The molecule has 35 heavy (non-hydrogen) atoms. The van der Waals surface area contributed by atoms with Crippen molar-refractivity contribution in [3.8, 4) is 11.3 Å². The van der Waals surface area contributed by atoms with Crippen LogP contribution >= 0.6 is 11.6 Å². The van der Waals surface area contributed by atoms with E-state index in [0.29, 0.717) is 48.1 Å². The van der Waals surface area contributed by atoms with Crippen LogP contribution in [-0.2, 0) is 14.8 Å². The number of amides is 1. The Morgan fingerprint density at radius 1 is 1.03 bits per heavy atom. The molecule has 1 aromatic heterocycles. The van der Waals surface area contributed by atoms with Crippen molar-refractivity contribution in [2.24, 2.45) is 0 Å². The summed E-state index contributed by atoms with van der Waals surface area (Å²) in [5, 5.41) is 3.44. The molecular weight excluding hydrogens is 488 g/mol. The van der Waals surface area contributed by atoms with Crippen LogP contribution in [0.4, 0.5) is 17.1 Å². The molecule has 0 aliphatic carbocycles. The molecule has 8 nitrogen and oxygen atoms in total. The number of aromatic nitrogens is 1. The fourth-order valence-corrected chi connectivity index (χ4v) is 6.13. The molecule has 0 atom stereocenters. The lowest BCUT2D eigenvalue weighted by Gasteiger charge is -2.30. The first-order valence-corrected chi connectivity index (χ1v) is 13.4. The number of anilines is 3. The minimum Gasteiger partial charge on any atom is -0.378 e. The van der Waals surface area contributed by atoms with Gasteiger partial charge in [0.25, 0.3) is 5.91 Å². The van der Waals surface area contributed by atoms with Gasteiger partial charge in [-0.3, -0.25) is 14.1 Å². The number of pyridine rings is 1. The van der Waals surface area contributed by atoms with Crippen molar-refractivity contribution in [1.82, 2.24) is 4.98 Å². The fourth-order valence-electron chi connectivity index (χ4n) is 4.36. The second-order valence-corrected chi connectivity index (χ2v) is 10.8. The number of ether oxygens (including phenoxy) is 1. The Kier molecular flexibility index (Phi) is 6.64. The zero-order valence-corrected chi connectivity index (χ0v) is 20.6. The second-order valence-electron chi connectivity index (χ2n) is 8.41. The van der Waals surface area contributed by atoms with Crippen LogP contribution in [0.3, 0.4) is 0 Å². The molecule has 1 amide bonds. The lowest BCUT2D eigenvalue weighted by molar-refractivity contribution is 0.102. The molecule has 182 valence electrons. The maximum atomic E-state index is 12.9. The summed E-state index contributed by atoms with van der Waals surface area (Å²) in [5.74, 6) is -0.152. The lowest BCUT2D eigenvalue weighted by atomic mass is 10.1. The average Bonchev–Trinajstić information content (AvgIpc) is 3.24. The van der Waals surface area contributed by atoms with Crippen molar-refractivity contribution in [1.29, 1.82) is 0 Å². The van der Waals surface area contributed by atoms with Crippen molar-refractivity contribution in [2.45, 2.75) is 6.42 Å². The first kappa shape index (κ1) is 23.6. The normalized spacial score (nSPS) is 17.4. The lowest BCUT2D eigenvalue weighted by Crippen LogP contribution is -2.36. The quantitative estimate of drug-likeness (QED) is 0.555. The summed E-state index contributed by atoms with van der Waals surface area (Å²) in [6.07, 6.45) is 2.33. The van der Waals surface area contributed by atoms with Gasteiger partial charge in [-0.1, -0.05) is 11.6 Å². The van der Waals surface area contributed by atoms with Crippen LogP contribution in [0, 0.1) is 0 Å². The van der Waals surface area contributed by atoms with Crippen LogP contribution in [0.25, 0.3) is 11.3 Å². The van der Waals surface area contributed by atoms with Crippen LogP contribution < -0.4 is 14.5 Å². The summed E-state index contributed by atoms with van der Waals surface area (Å²) in [7, 11) is -3.26. The molecule has 3 heterocycles. The van der Waals surface area contributed by atoms with Crippen LogP contribution in [-0.4, -0.2) is 57.9 Å². The Hall–Kier alpha value is -3.14. The molecule has 1 N–H and O–H groups in total. The van der Waals surface area contributed by atoms with Crippen molar-refractivity contribution >= 4 is 44.6 Å². The molecule has 2 aliphatic heterocycles. The summed E-state index contributed by atoms with van der Waals surface area (Å²) in [5.41, 5.74) is 4.01. The predicted octanol–water partition coefficient (Wildman–Crippen LogP) is 4.03. The second kappa shape index (κ2) is 9.85. The smallest absolute Gasteiger partial charge is 0.255 e. The van der Waals surface area contributed by atoms with E-state index < -0.39 is 10.0 Å². The maximum Gasteiger partial charge on any atom is 0.255 e. The number of halogens is 1. The Balaban J connectivity index is 1.37. The number of nitrogens with zero attached hydrogens (tertiary/aromatic N) is 3. The molecule has 5 rings (SSSR count). The van der Waals surface area contributed by atoms with Gasteiger partial charge in [-0.15, -0.1) is 0 Å². The Bertz CT molecular complexity index is 1340. The van der Waals surface area contributed by atoms with E-state index in [1.54, 1.807) is 42.6 Å². The predicted molar refractivity (Wildman–Crippen MR) is 138 cm³/mol. The number of hydrogen-bond donors (Lipinski definition) is 1. The van der Waals surface area contributed by atoms with Crippen molar-refractivity contribution in [2.75, 3.05) is 53.1 Å². The van der Waals surface area contributed by atoms with Crippen LogP contribution in [0.15, 0.2) is 60.8 Å². The van der Waals surface area contributed by atoms with Crippen LogP contribution in [0.2, 0.25) is 5.02 Å². The number of rotatable bonds is 5. The van der Waals surface area contributed by atoms with E-state index in [4.69, 9.17) is 16.3 Å². The van der Waals surface area contributed by atoms with Gasteiger partial charge in [-0.05, 0) is 61.0 Å². The molecule has 2 aromatic carbocycles. The summed E-state index contributed by atoms with van der Waals surface area (Å²) in [6.45, 7) is 3.30. The molecule has 0 radical (unpaired) electrons. The highest BCUT2D eigenvalue weighted by molar-refractivity contribution is 7.93. The molecule has 2 fully saturated rings. The van der Waals surface area contributed by atoms with Gasteiger partial charge in [0, 0.05) is 42.6 Å². The molecule has 2 saturated heterocycles. The number of benzene rings is 2. The summed E-state index contributed by atoms with van der Waals surface area (Å²) < 4.78 is 31.2. The van der Waals surface area contributed by atoms with Crippen molar-refractivity contribution in [3.63, 3.8) is 0 Å². The summed E-state index contributed by atoms with van der Waals surface area (Å²) in [4.78, 5) is 19.7. The number of sulfonamides is 1. The third kappa shape index (κ3) is 4.98. The minimum absolute atomic E-state index is 0.150. The minimum atomic E-state index is -3.26. The third-order valence-electron chi connectivity index (χ3n) is 6.13. The maximum absolute atomic E-state index is 12.9. The molecular formula is C25H25ClN4O4S. The van der Waals surface area contributed by atoms with E-state index in [-0.39, 0.29) is 11.7 Å². The molecule has 10 heteroatoms. The van der Waals surface area contributed by atoms with Gasteiger partial charge >= 0.3 is 0 Å². The first-order valence-electron chi connectivity index (χ1n) is 11.4.